The largest absolute Gasteiger partial charge is 0.489 e. The van der Waals surface area contributed by atoms with E-state index in [0.717, 1.165) is 48.7 Å². The Kier molecular flexibility index (Phi) is 7.77. The predicted molar refractivity (Wildman–Crippen MR) is 132 cm³/mol. The molecule has 3 aromatic rings. The SMILES string of the molecule is CN(Cc1ccc(N2CCOCC2)cc1)C(=O)/C=C/c1ccc(OCc2ccccc2)cc1. The highest BCUT2D eigenvalue weighted by Gasteiger charge is 2.11. The fourth-order valence-electron chi connectivity index (χ4n) is 3.70. The molecule has 3 aromatic carbocycles. The lowest BCUT2D eigenvalue weighted by Gasteiger charge is -2.29. The van der Waals surface area contributed by atoms with Crippen molar-refractivity contribution >= 4 is 17.7 Å². The van der Waals surface area contributed by atoms with E-state index in [4.69, 9.17) is 9.47 Å². The van der Waals surface area contributed by atoms with Crippen LogP contribution in [0, 0.1) is 0 Å². The Hall–Kier alpha value is -3.57. The molecule has 0 atom stereocenters. The molecule has 0 aliphatic carbocycles. The molecule has 4 rings (SSSR count). The number of nitrogens with zero attached hydrogens (tertiary/aromatic N) is 2. The minimum absolute atomic E-state index is 0.0309. The van der Waals surface area contributed by atoms with E-state index in [1.165, 1.54) is 5.69 Å². The van der Waals surface area contributed by atoms with Gasteiger partial charge in [-0.1, -0.05) is 54.6 Å². The quantitative estimate of drug-likeness (QED) is 0.471. The zero-order valence-electron chi connectivity index (χ0n) is 19.0. The number of hydrogen-bond acceptors (Lipinski definition) is 4. The van der Waals surface area contributed by atoms with Crippen LogP contribution in [-0.4, -0.2) is 44.2 Å². The van der Waals surface area contributed by atoms with E-state index in [9.17, 15) is 4.79 Å². The van der Waals surface area contributed by atoms with Crippen molar-refractivity contribution in [2.24, 2.45) is 0 Å². The summed E-state index contributed by atoms with van der Waals surface area (Å²) in [4.78, 5) is 16.6. The van der Waals surface area contributed by atoms with E-state index >= 15 is 0 Å². The van der Waals surface area contributed by atoms with Crippen LogP contribution < -0.4 is 9.64 Å². The second-order valence-corrected chi connectivity index (χ2v) is 8.14. The molecule has 0 bridgehead atoms. The zero-order valence-corrected chi connectivity index (χ0v) is 19.0. The number of rotatable bonds is 8. The number of benzene rings is 3. The molecule has 0 N–H and O–H groups in total. The zero-order chi connectivity index (χ0) is 22.9. The highest BCUT2D eigenvalue weighted by Crippen LogP contribution is 2.18. The van der Waals surface area contributed by atoms with Crippen LogP contribution >= 0.6 is 0 Å². The first kappa shape index (κ1) is 22.6. The lowest BCUT2D eigenvalue weighted by Crippen LogP contribution is -2.36. The molecule has 1 aliphatic rings. The van der Waals surface area contributed by atoms with E-state index in [2.05, 4.69) is 29.2 Å². The molecule has 1 heterocycles. The molecule has 0 spiro atoms. The molecular weight excluding hydrogens is 412 g/mol. The van der Waals surface area contributed by atoms with Gasteiger partial charge >= 0.3 is 0 Å². The minimum Gasteiger partial charge on any atom is -0.489 e. The first-order valence-electron chi connectivity index (χ1n) is 11.3. The normalized spacial score (nSPS) is 13.8. The molecule has 0 radical (unpaired) electrons. The number of carbonyl (C=O) groups is 1. The van der Waals surface area contributed by atoms with Gasteiger partial charge in [0.05, 0.1) is 13.2 Å². The second kappa shape index (κ2) is 11.3. The summed E-state index contributed by atoms with van der Waals surface area (Å²) in [6.45, 7) is 4.49. The first-order valence-corrected chi connectivity index (χ1v) is 11.3. The third-order valence-corrected chi connectivity index (χ3v) is 5.66. The molecule has 5 heteroatoms. The smallest absolute Gasteiger partial charge is 0.246 e. The highest BCUT2D eigenvalue weighted by molar-refractivity contribution is 5.91. The average molecular weight is 443 g/mol. The topological polar surface area (TPSA) is 42.0 Å². The van der Waals surface area contributed by atoms with Crippen molar-refractivity contribution in [3.05, 3.63) is 102 Å². The Morgan fingerprint density at radius 3 is 2.33 bits per heavy atom. The van der Waals surface area contributed by atoms with Crippen molar-refractivity contribution in [2.45, 2.75) is 13.2 Å². The minimum atomic E-state index is -0.0309. The fourth-order valence-corrected chi connectivity index (χ4v) is 3.70. The molecule has 0 unspecified atom stereocenters. The van der Waals surface area contributed by atoms with Gasteiger partial charge in [0.15, 0.2) is 0 Å². The van der Waals surface area contributed by atoms with Crippen LogP contribution in [-0.2, 0) is 22.7 Å². The molecule has 5 nitrogen and oxygen atoms in total. The van der Waals surface area contributed by atoms with Crippen molar-refractivity contribution < 1.29 is 14.3 Å². The summed E-state index contributed by atoms with van der Waals surface area (Å²) in [5.41, 5.74) is 4.40. The molecule has 1 saturated heterocycles. The Morgan fingerprint density at radius 1 is 0.939 bits per heavy atom. The number of likely N-dealkylation sites (N-methyl/N-ethyl adjacent to an activating group) is 1. The van der Waals surface area contributed by atoms with Crippen LogP contribution in [0.25, 0.3) is 6.08 Å². The van der Waals surface area contributed by atoms with Crippen LogP contribution in [0.4, 0.5) is 5.69 Å². The maximum atomic E-state index is 12.6. The predicted octanol–water partition coefficient (Wildman–Crippen LogP) is 4.77. The van der Waals surface area contributed by atoms with E-state index < -0.39 is 0 Å². The van der Waals surface area contributed by atoms with Gasteiger partial charge in [-0.05, 0) is 47.0 Å². The van der Waals surface area contributed by atoms with E-state index in [1.807, 2.05) is 67.7 Å². The third-order valence-electron chi connectivity index (χ3n) is 5.66. The Bertz CT molecular complexity index is 1040. The molecular formula is C28H30N2O3. The number of ether oxygens (including phenoxy) is 2. The number of amides is 1. The van der Waals surface area contributed by atoms with Crippen molar-refractivity contribution in [2.75, 3.05) is 38.3 Å². The van der Waals surface area contributed by atoms with E-state index in [0.29, 0.717) is 13.2 Å². The summed E-state index contributed by atoms with van der Waals surface area (Å²) < 4.78 is 11.2. The van der Waals surface area contributed by atoms with Crippen LogP contribution in [0.5, 0.6) is 5.75 Å². The molecule has 170 valence electrons. The summed E-state index contributed by atoms with van der Waals surface area (Å²) in [5.74, 6) is 0.775. The summed E-state index contributed by atoms with van der Waals surface area (Å²) >= 11 is 0. The molecule has 0 aromatic heterocycles. The van der Waals surface area contributed by atoms with Gasteiger partial charge in [-0.15, -0.1) is 0 Å². The molecule has 0 saturated carbocycles. The van der Waals surface area contributed by atoms with Gasteiger partial charge in [-0.3, -0.25) is 4.79 Å². The van der Waals surface area contributed by atoms with Gasteiger partial charge < -0.3 is 19.3 Å². The summed E-state index contributed by atoms with van der Waals surface area (Å²) in [6, 6.07) is 26.2. The van der Waals surface area contributed by atoms with E-state index in [1.54, 1.807) is 11.0 Å². The Labute approximate surface area is 195 Å². The van der Waals surface area contributed by atoms with Gasteiger partial charge in [-0.25, -0.2) is 0 Å². The van der Waals surface area contributed by atoms with Crippen molar-refractivity contribution in [1.82, 2.24) is 4.90 Å². The van der Waals surface area contributed by atoms with Gasteiger partial charge in [0.25, 0.3) is 0 Å². The maximum Gasteiger partial charge on any atom is 0.246 e. The second-order valence-electron chi connectivity index (χ2n) is 8.14. The third kappa shape index (κ3) is 6.70. The summed E-state index contributed by atoms with van der Waals surface area (Å²) in [6.07, 6.45) is 3.45. The van der Waals surface area contributed by atoms with Gasteiger partial charge in [0.1, 0.15) is 12.4 Å². The molecule has 33 heavy (non-hydrogen) atoms. The van der Waals surface area contributed by atoms with Crippen LogP contribution in [0.2, 0.25) is 0 Å². The molecule has 1 amide bonds. The summed E-state index contributed by atoms with van der Waals surface area (Å²) in [5, 5.41) is 0. The van der Waals surface area contributed by atoms with Crippen LogP contribution in [0.1, 0.15) is 16.7 Å². The number of morpholine rings is 1. The lowest BCUT2D eigenvalue weighted by atomic mass is 10.1. The van der Waals surface area contributed by atoms with E-state index in [-0.39, 0.29) is 5.91 Å². The standard InChI is InChI=1S/C28H30N2O3/c1-29(21-24-7-12-26(13-8-24)30-17-19-32-20-18-30)28(31)16-11-23-9-14-27(15-10-23)33-22-25-5-3-2-4-6-25/h2-16H,17-22H2,1H3/b16-11+. The van der Waals surface area contributed by atoms with Gasteiger partial charge in [0, 0.05) is 38.4 Å². The van der Waals surface area contributed by atoms with Crippen molar-refractivity contribution in [1.29, 1.82) is 0 Å². The number of carbonyl (C=O) groups excluding carboxylic acids is 1. The van der Waals surface area contributed by atoms with Gasteiger partial charge in [0.2, 0.25) is 5.91 Å². The Morgan fingerprint density at radius 2 is 1.64 bits per heavy atom. The maximum absolute atomic E-state index is 12.6. The number of anilines is 1. The first-order chi connectivity index (χ1) is 16.2. The molecule has 1 aliphatic heterocycles. The fraction of sp³-hybridized carbons (Fsp3) is 0.250. The highest BCUT2D eigenvalue weighted by atomic mass is 16.5. The Balaban J connectivity index is 1.26. The lowest BCUT2D eigenvalue weighted by molar-refractivity contribution is -0.125. The number of hydrogen-bond donors (Lipinski definition) is 0. The summed E-state index contributed by atoms with van der Waals surface area (Å²) in [7, 11) is 1.82. The average Bonchev–Trinajstić information content (AvgIpc) is 2.88. The molecule has 1 fully saturated rings. The monoisotopic (exact) mass is 442 g/mol. The van der Waals surface area contributed by atoms with Crippen LogP contribution in [0.3, 0.4) is 0 Å². The van der Waals surface area contributed by atoms with Crippen molar-refractivity contribution in [3.63, 3.8) is 0 Å². The van der Waals surface area contributed by atoms with Crippen molar-refractivity contribution in [3.8, 4) is 5.75 Å². The van der Waals surface area contributed by atoms with Gasteiger partial charge in [-0.2, -0.15) is 0 Å². The van der Waals surface area contributed by atoms with Crippen LogP contribution in [0.15, 0.2) is 84.9 Å².